The van der Waals surface area contributed by atoms with Gasteiger partial charge in [0, 0.05) is 24.1 Å². The van der Waals surface area contributed by atoms with Crippen LogP contribution in [0.15, 0.2) is 22.7 Å². The number of likely N-dealkylation sites (N-methyl/N-ethyl adjacent to an activating group) is 1. The average Bonchev–Trinajstić information content (AvgIpc) is 2.56. The molecule has 1 aromatic carbocycles. The van der Waals surface area contributed by atoms with E-state index in [1.807, 2.05) is 12.1 Å². The number of rotatable bonds is 2. The number of hydrogen-bond acceptors (Lipinski definition) is 3. The third-order valence-corrected chi connectivity index (χ3v) is 3.89. The maximum atomic E-state index is 9.17. The van der Waals surface area contributed by atoms with Crippen molar-refractivity contribution in [2.24, 2.45) is 0 Å². The van der Waals surface area contributed by atoms with E-state index in [0.717, 1.165) is 41.8 Å². The summed E-state index contributed by atoms with van der Waals surface area (Å²) in [5.74, 6) is 0. The minimum absolute atomic E-state index is 0.780. The Morgan fingerprint density at radius 2 is 2.11 bits per heavy atom. The van der Waals surface area contributed by atoms with Crippen LogP contribution in [0.2, 0.25) is 0 Å². The van der Waals surface area contributed by atoms with Crippen molar-refractivity contribution in [1.29, 1.82) is 5.26 Å². The largest absolute Gasteiger partial charge is 0.305 e. The molecule has 96 valence electrons. The van der Waals surface area contributed by atoms with Gasteiger partial charge in [-0.1, -0.05) is 22.0 Å². The van der Waals surface area contributed by atoms with E-state index in [0.29, 0.717) is 0 Å². The molecule has 1 aliphatic heterocycles. The molecule has 0 radical (unpaired) electrons. The van der Waals surface area contributed by atoms with Crippen molar-refractivity contribution in [2.75, 3.05) is 33.2 Å². The van der Waals surface area contributed by atoms with Gasteiger partial charge in [0.05, 0.1) is 11.6 Å². The van der Waals surface area contributed by atoms with Crippen molar-refractivity contribution in [1.82, 2.24) is 9.80 Å². The first-order valence-corrected chi connectivity index (χ1v) is 7.08. The number of halogens is 1. The second kappa shape index (κ2) is 6.33. The van der Waals surface area contributed by atoms with E-state index in [-0.39, 0.29) is 0 Å². The lowest BCUT2D eigenvalue weighted by atomic mass is 10.1. The van der Waals surface area contributed by atoms with E-state index >= 15 is 0 Å². The number of hydrogen-bond donors (Lipinski definition) is 0. The van der Waals surface area contributed by atoms with Gasteiger partial charge >= 0.3 is 0 Å². The lowest BCUT2D eigenvalue weighted by Crippen LogP contribution is -2.28. The molecule has 1 heterocycles. The Kier molecular flexibility index (Phi) is 4.76. The molecule has 0 saturated carbocycles. The van der Waals surface area contributed by atoms with Crippen LogP contribution in [0.3, 0.4) is 0 Å². The Hall–Kier alpha value is -0.890. The van der Waals surface area contributed by atoms with Gasteiger partial charge in [0.25, 0.3) is 0 Å². The van der Waals surface area contributed by atoms with E-state index in [1.165, 1.54) is 13.0 Å². The van der Waals surface area contributed by atoms with E-state index in [4.69, 9.17) is 0 Å². The van der Waals surface area contributed by atoms with Crippen molar-refractivity contribution in [3.63, 3.8) is 0 Å². The van der Waals surface area contributed by atoms with E-state index in [1.54, 1.807) is 0 Å². The lowest BCUT2D eigenvalue weighted by molar-refractivity contribution is 0.269. The van der Waals surface area contributed by atoms with Crippen molar-refractivity contribution in [3.05, 3.63) is 33.8 Å². The topological polar surface area (TPSA) is 30.3 Å². The molecule has 0 atom stereocenters. The zero-order valence-corrected chi connectivity index (χ0v) is 12.3. The quantitative estimate of drug-likeness (QED) is 0.841. The Morgan fingerprint density at radius 3 is 2.89 bits per heavy atom. The summed E-state index contributed by atoms with van der Waals surface area (Å²) in [4.78, 5) is 4.81. The second-order valence-electron chi connectivity index (χ2n) is 4.85. The molecule has 1 aliphatic rings. The molecule has 0 N–H and O–H groups in total. The molecule has 1 saturated heterocycles. The summed E-state index contributed by atoms with van der Waals surface area (Å²) in [7, 11) is 2.17. The van der Waals surface area contributed by atoms with Gasteiger partial charge in [0.2, 0.25) is 0 Å². The first kappa shape index (κ1) is 13.5. The van der Waals surface area contributed by atoms with Crippen molar-refractivity contribution in [3.8, 4) is 6.07 Å². The Balaban J connectivity index is 2.07. The fourth-order valence-corrected chi connectivity index (χ4v) is 2.65. The molecule has 0 amide bonds. The highest BCUT2D eigenvalue weighted by molar-refractivity contribution is 9.10. The van der Waals surface area contributed by atoms with Crippen LogP contribution in [-0.2, 0) is 6.54 Å². The van der Waals surface area contributed by atoms with E-state index in [2.05, 4.69) is 44.9 Å². The predicted molar refractivity (Wildman–Crippen MR) is 76.2 cm³/mol. The Labute approximate surface area is 117 Å². The monoisotopic (exact) mass is 307 g/mol. The molecule has 4 heteroatoms. The first-order valence-electron chi connectivity index (χ1n) is 6.28. The summed E-state index contributed by atoms with van der Waals surface area (Å²) in [6.07, 6.45) is 1.20. The maximum Gasteiger partial charge on any atom is 0.0995 e. The molecule has 3 nitrogen and oxygen atoms in total. The van der Waals surface area contributed by atoms with Gasteiger partial charge in [-0.25, -0.2) is 0 Å². The normalized spacial score (nSPS) is 18.3. The van der Waals surface area contributed by atoms with Gasteiger partial charge in [-0.15, -0.1) is 0 Å². The van der Waals surface area contributed by atoms with Crippen molar-refractivity contribution >= 4 is 15.9 Å². The number of nitriles is 1. The third kappa shape index (κ3) is 3.55. The van der Waals surface area contributed by atoms with Crippen LogP contribution < -0.4 is 0 Å². The van der Waals surface area contributed by atoms with Crippen LogP contribution >= 0.6 is 15.9 Å². The van der Waals surface area contributed by atoms with Gasteiger partial charge in [0.1, 0.15) is 0 Å². The van der Waals surface area contributed by atoms with Crippen molar-refractivity contribution in [2.45, 2.75) is 13.0 Å². The molecular weight excluding hydrogens is 290 g/mol. The number of benzene rings is 1. The van der Waals surface area contributed by atoms with Gasteiger partial charge in [-0.05, 0) is 44.3 Å². The summed E-state index contributed by atoms with van der Waals surface area (Å²) in [5, 5.41) is 9.17. The SMILES string of the molecule is CN1CCCN(Cc2ccc(Br)cc2C#N)CC1. The fraction of sp³-hybridized carbons (Fsp3) is 0.500. The summed E-state index contributed by atoms with van der Waals surface area (Å²) >= 11 is 3.41. The molecular formula is C14H18BrN3. The highest BCUT2D eigenvalue weighted by atomic mass is 79.9. The van der Waals surface area contributed by atoms with Gasteiger partial charge in [-0.3, -0.25) is 4.90 Å². The van der Waals surface area contributed by atoms with Crippen LogP contribution in [-0.4, -0.2) is 43.0 Å². The molecule has 0 aliphatic carbocycles. The minimum atomic E-state index is 0.780. The van der Waals surface area contributed by atoms with E-state index < -0.39 is 0 Å². The van der Waals surface area contributed by atoms with Gasteiger partial charge < -0.3 is 4.90 Å². The van der Waals surface area contributed by atoms with Crippen LogP contribution in [0.25, 0.3) is 0 Å². The summed E-state index contributed by atoms with van der Waals surface area (Å²) in [6, 6.07) is 8.25. The fourth-order valence-electron chi connectivity index (χ4n) is 2.29. The second-order valence-corrected chi connectivity index (χ2v) is 5.76. The summed E-state index contributed by atoms with van der Waals surface area (Å²) < 4.78 is 0.971. The van der Waals surface area contributed by atoms with Crippen LogP contribution in [0.5, 0.6) is 0 Å². The van der Waals surface area contributed by atoms with Gasteiger partial charge in [-0.2, -0.15) is 5.26 Å². The number of nitrogens with zero attached hydrogens (tertiary/aromatic N) is 3. The maximum absolute atomic E-state index is 9.17. The molecule has 0 spiro atoms. The summed E-state index contributed by atoms with van der Waals surface area (Å²) in [5.41, 5.74) is 1.91. The molecule has 0 unspecified atom stereocenters. The van der Waals surface area contributed by atoms with Crippen LogP contribution in [0.1, 0.15) is 17.5 Å². The van der Waals surface area contributed by atoms with Crippen LogP contribution in [0.4, 0.5) is 0 Å². The first-order chi connectivity index (χ1) is 8.69. The van der Waals surface area contributed by atoms with Crippen molar-refractivity contribution < 1.29 is 0 Å². The lowest BCUT2D eigenvalue weighted by Gasteiger charge is -2.20. The standard InChI is InChI=1S/C14H18BrN3/c1-17-5-2-6-18(8-7-17)11-12-3-4-14(15)9-13(12)10-16/h3-4,9H,2,5-8,11H2,1H3. The van der Waals surface area contributed by atoms with Gasteiger partial charge in [0.15, 0.2) is 0 Å². The minimum Gasteiger partial charge on any atom is -0.305 e. The zero-order valence-electron chi connectivity index (χ0n) is 10.7. The smallest absolute Gasteiger partial charge is 0.0995 e. The predicted octanol–water partition coefficient (Wildman–Crippen LogP) is 2.46. The highest BCUT2D eigenvalue weighted by Gasteiger charge is 2.13. The van der Waals surface area contributed by atoms with Crippen LogP contribution in [0, 0.1) is 11.3 Å². The van der Waals surface area contributed by atoms with E-state index in [9.17, 15) is 5.26 Å². The highest BCUT2D eigenvalue weighted by Crippen LogP contribution is 2.18. The Morgan fingerprint density at radius 1 is 1.28 bits per heavy atom. The Bertz CT molecular complexity index is 453. The molecule has 18 heavy (non-hydrogen) atoms. The average molecular weight is 308 g/mol. The molecule has 0 bridgehead atoms. The molecule has 1 fully saturated rings. The third-order valence-electron chi connectivity index (χ3n) is 3.40. The molecule has 0 aromatic heterocycles. The zero-order chi connectivity index (χ0) is 13.0. The molecule has 2 rings (SSSR count). The summed E-state index contributed by atoms with van der Waals surface area (Å²) in [6.45, 7) is 5.35. The molecule has 1 aromatic rings.